The second-order valence-corrected chi connectivity index (χ2v) is 7.26. The Hall–Kier alpha value is -1.59. The van der Waals surface area contributed by atoms with Crippen LogP contribution in [-0.4, -0.2) is 42.0 Å². The molecule has 0 bridgehead atoms. The van der Waals surface area contributed by atoms with Gasteiger partial charge in [-0.05, 0) is 52.2 Å². The second kappa shape index (κ2) is 7.53. The van der Waals surface area contributed by atoms with Gasteiger partial charge < -0.3 is 9.80 Å². The van der Waals surface area contributed by atoms with Gasteiger partial charge in [0.05, 0.1) is 6.42 Å². The largest absolute Gasteiger partial charge is 0.353 e. The van der Waals surface area contributed by atoms with Gasteiger partial charge in [-0.15, -0.1) is 0 Å². The molecule has 1 fully saturated rings. The molecular weight excluding hydrogens is 390 g/mol. The van der Waals surface area contributed by atoms with Crippen LogP contribution in [0, 0.1) is 6.92 Å². The Morgan fingerprint density at radius 3 is 2.67 bits per heavy atom. The molecule has 6 heteroatoms. The van der Waals surface area contributed by atoms with Crippen molar-refractivity contribution in [3.05, 3.63) is 57.2 Å². The highest BCUT2D eigenvalue weighted by atomic mass is 79.9. The second-order valence-electron chi connectivity index (χ2n) is 5.97. The molecule has 0 atom stereocenters. The minimum absolute atomic E-state index is 0.150. The minimum atomic E-state index is 0.150. The van der Waals surface area contributed by atoms with Crippen LogP contribution in [0.1, 0.15) is 11.1 Å². The number of aryl methyl sites for hydroxylation is 1. The first-order valence-electron chi connectivity index (χ1n) is 7.92. The van der Waals surface area contributed by atoms with E-state index in [-0.39, 0.29) is 5.91 Å². The molecular formula is C18H19BrClN3O. The van der Waals surface area contributed by atoms with Crippen molar-refractivity contribution in [1.29, 1.82) is 0 Å². The molecule has 1 aromatic carbocycles. The molecule has 1 saturated heterocycles. The molecule has 0 radical (unpaired) electrons. The topological polar surface area (TPSA) is 36.4 Å². The van der Waals surface area contributed by atoms with Crippen molar-refractivity contribution in [1.82, 2.24) is 9.88 Å². The van der Waals surface area contributed by atoms with E-state index in [9.17, 15) is 4.79 Å². The molecule has 1 aliphatic heterocycles. The standard InChI is InChI=1S/C18H19BrClN3O/c1-13-9-17(21-12-16(13)19)22-5-7-23(8-6-22)18(24)11-14-3-2-4-15(20)10-14/h2-4,9-10,12H,5-8,11H2,1H3. The molecule has 1 aliphatic rings. The highest BCUT2D eigenvalue weighted by Gasteiger charge is 2.22. The molecule has 1 aromatic heterocycles. The van der Waals surface area contributed by atoms with E-state index >= 15 is 0 Å². The highest BCUT2D eigenvalue weighted by molar-refractivity contribution is 9.10. The summed E-state index contributed by atoms with van der Waals surface area (Å²) < 4.78 is 1.02. The number of piperazine rings is 1. The van der Waals surface area contributed by atoms with Crippen molar-refractivity contribution >= 4 is 39.3 Å². The van der Waals surface area contributed by atoms with Crippen LogP contribution >= 0.6 is 27.5 Å². The number of rotatable bonds is 3. The van der Waals surface area contributed by atoms with Gasteiger partial charge in [0.15, 0.2) is 0 Å². The molecule has 0 N–H and O–H groups in total. The lowest BCUT2D eigenvalue weighted by atomic mass is 10.1. The third-order valence-corrected chi connectivity index (χ3v) is 5.30. The predicted molar refractivity (Wildman–Crippen MR) is 101 cm³/mol. The number of carbonyl (C=O) groups excluding carboxylic acids is 1. The van der Waals surface area contributed by atoms with E-state index in [2.05, 4.69) is 38.8 Å². The normalized spacial score (nSPS) is 14.8. The smallest absolute Gasteiger partial charge is 0.227 e. The number of benzene rings is 1. The number of anilines is 1. The van der Waals surface area contributed by atoms with E-state index in [4.69, 9.17) is 11.6 Å². The van der Waals surface area contributed by atoms with Crippen molar-refractivity contribution < 1.29 is 4.79 Å². The van der Waals surface area contributed by atoms with Gasteiger partial charge in [0, 0.05) is 41.9 Å². The summed E-state index contributed by atoms with van der Waals surface area (Å²) >= 11 is 9.46. The van der Waals surface area contributed by atoms with E-state index in [1.54, 1.807) is 0 Å². The Bertz CT molecular complexity index is 745. The Morgan fingerprint density at radius 2 is 2.00 bits per heavy atom. The molecule has 24 heavy (non-hydrogen) atoms. The molecule has 4 nitrogen and oxygen atoms in total. The quantitative estimate of drug-likeness (QED) is 0.777. The summed E-state index contributed by atoms with van der Waals surface area (Å²) in [6, 6.07) is 9.57. The minimum Gasteiger partial charge on any atom is -0.353 e. The molecule has 126 valence electrons. The summed E-state index contributed by atoms with van der Waals surface area (Å²) in [7, 11) is 0. The first-order chi connectivity index (χ1) is 11.5. The molecule has 3 rings (SSSR count). The van der Waals surface area contributed by atoms with E-state index in [0.717, 1.165) is 42.0 Å². The zero-order chi connectivity index (χ0) is 17.1. The number of pyridine rings is 1. The van der Waals surface area contributed by atoms with Crippen molar-refractivity contribution in [3.8, 4) is 0 Å². The van der Waals surface area contributed by atoms with Crippen LogP contribution in [0.4, 0.5) is 5.82 Å². The number of nitrogens with zero attached hydrogens (tertiary/aromatic N) is 3. The number of hydrogen-bond donors (Lipinski definition) is 0. The van der Waals surface area contributed by atoms with Crippen LogP contribution in [0.3, 0.4) is 0 Å². The molecule has 0 spiro atoms. The summed E-state index contributed by atoms with van der Waals surface area (Å²) in [4.78, 5) is 21.1. The van der Waals surface area contributed by atoms with Crippen molar-refractivity contribution in [2.45, 2.75) is 13.3 Å². The average Bonchev–Trinajstić information content (AvgIpc) is 2.57. The maximum atomic E-state index is 12.5. The Kier molecular flexibility index (Phi) is 5.41. The van der Waals surface area contributed by atoms with E-state index in [0.29, 0.717) is 11.4 Å². The number of amides is 1. The van der Waals surface area contributed by atoms with Crippen LogP contribution in [0.25, 0.3) is 0 Å². The summed E-state index contributed by atoms with van der Waals surface area (Å²) in [5.41, 5.74) is 2.12. The fraction of sp³-hybridized carbons (Fsp3) is 0.333. The fourth-order valence-corrected chi connectivity index (χ4v) is 3.25. The average molecular weight is 409 g/mol. The lowest BCUT2D eigenvalue weighted by Crippen LogP contribution is -2.49. The van der Waals surface area contributed by atoms with Gasteiger partial charge in [-0.1, -0.05) is 23.7 Å². The molecule has 2 aromatic rings. The van der Waals surface area contributed by atoms with Gasteiger partial charge in [0.2, 0.25) is 5.91 Å². The first kappa shape index (κ1) is 17.2. The highest BCUT2D eigenvalue weighted by Crippen LogP contribution is 2.21. The first-order valence-corrected chi connectivity index (χ1v) is 9.09. The van der Waals surface area contributed by atoms with Crippen LogP contribution in [0.2, 0.25) is 5.02 Å². The van der Waals surface area contributed by atoms with Gasteiger partial charge in [-0.2, -0.15) is 0 Å². The zero-order valence-corrected chi connectivity index (χ0v) is 15.8. The number of halogens is 2. The Labute approximate surface area is 155 Å². The van der Waals surface area contributed by atoms with Gasteiger partial charge in [-0.3, -0.25) is 4.79 Å². The fourth-order valence-electron chi connectivity index (χ4n) is 2.82. The van der Waals surface area contributed by atoms with Gasteiger partial charge in [-0.25, -0.2) is 4.98 Å². The lowest BCUT2D eigenvalue weighted by Gasteiger charge is -2.35. The van der Waals surface area contributed by atoms with Gasteiger partial charge >= 0.3 is 0 Å². The summed E-state index contributed by atoms with van der Waals surface area (Å²) in [5, 5.41) is 0.668. The van der Waals surface area contributed by atoms with Crippen LogP contribution < -0.4 is 4.90 Å². The molecule has 2 heterocycles. The monoisotopic (exact) mass is 407 g/mol. The summed E-state index contributed by atoms with van der Waals surface area (Å²) in [6.07, 6.45) is 2.23. The van der Waals surface area contributed by atoms with Gasteiger partial charge in [0.1, 0.15) is 5.82 Å². The van der Waals surface area contributed by atoms with Crippen molar-refractivity contribution in [2.75, 3.05) is 31.1 Å². The third-order valence-electron chi connectivity index (χ3n) is 4.23. The molecule has 1 amide bonds. The third kappa shape index (κ3) is 4.08. The van der Waals surface area contributed by atoms with E-state index < -0.39 is 0 Å². The van der Waals surface area contributed by atoms with Crippen LogP contribution in [0.15, 0.2) is 41.0 Å². The Balaban J connectivity index is 1.58. The Morgan fingerprint density at radius 1 is 1.25 bits per heavy atom. The van der Waals surface area contributed by atoms with Crippen molar-refractivity contribution in [2.24, 2.45) is 0 Å². The zero-order valence-electron chi connectivity index (χ0n) is 13.5. The summed E-state index contributed by atoms with van der Waals surface area (Å²) in [5.74, 6) is 1.12. The molecule has 0 unspecified atom stereocenters. The number of aromatic nitrogens is 1. The van der Waals surface area contributed by atoms with Gasteiger partial charge in [0.25, 0.3) is 0 Å². The lowest BCUT2D eigenvalue weighted by molar-refractivity contribution is -0.130. The summed E-state index contributed by atoms with van der Waals surface area (Å²) in [6.45, 7) is 5.09. The molecule has 0 aliphatic carbocycles. The van der Waals surface area contributed by atoms with Crippen LogP contribution in [0.5, 0.6) is 0 Å². The van der Waals surface area contributed by atoms with E-state index in [1.165, 1.54) is 5.56 Å². The number of carbonyl (C=O) groups is 1. The SMILES string of the molecule is Cc1cc(N2CCN(C(=O)Cc3cccc(Cl)c3)CC2)ncc1Br. The maximum Gasteiger partial charge on any atom is 0.227 e. The van der Waals surface area contributed by atoms with Crippen LogP contribution in [-0.2, 0) is 11.2 Å². The van der Waals surface area contributed by atoms with Crippen molar-refractivity contribution in [3.63, 3.8) is 0 Å². The maximum absolute atomic E-state index is 12.5. The molecule has 0 saturated carbocycles. The predicted octanol–water partition coefficient (Wildman–Crippen LogP) is 3.70. The van der Waals surface area contributed by atoms with E-state index in [1.807, 2.05) is 35.4 Å². The number of hydrogen-bond acceptors (Lipinski definition) is 3.